The summed E-state index contributed by atoms with van der Waals surface area (Å²) >= 11 is 0. The van der Waals surface area contributed by atoms with Crippen LogP contribution in [0.15, 0.2) is 11.6 Å². The van der Waals surface area contributed by atoms with E-state index in [0.29, 0.717) is 6.54 Å². The van der Waals surface area contributed by atoms with E-state index in [1.165, 1.54) is 5.57 Å². The number of ether oxygens (including phenoxy) is 2. The molecule has 0 fully saturated rings. The molecular formula is C16H29NO3. The molecule has 20 heavy (non-hydrogen) atoms. The first-order valence-corrected chi connectivity index (χ1v) is 7.61. The van der Waals surface area contributed by atoms with Gasteiger partial charge in [-0.05, 0) is 47.0 Å². The molecule has 0 aromatic heterocycles. The van der Waals surface area contributed by atoms with Crippen LogP contribution in [-0.2, 0) is 9.47 Å². The molecule has 0 aromatic carbocycles. The van der Waals surface area contributed by atoms with Crippen LogP contribution in [0, 0.1) is 0 Å². The molecule has 0 N–H and O–H groups in total. The molecule has 0 saturated carbocycles. The second-order valence-electron chi connectivity index (χ2n) is 6.20. The summed E-state index contributed by atoms with van der Waals surface area (Å²) in [6, 6.07) is 0. The van der Waals surface area contributed by atoms with E-state index in [2.05, 4.69) is 26.8 Å². The number of amides is 1. The summed E-state index contributed by atoms with van der Waals surface area (Å²) in [5.41, 5.74) is 1.34. The third-order valence-corrected chi connectivity index (χ3v) is 3.67. The molecule has 0 saturated heterocycles. The second-order valence-corrected chi connectivity index (χ2v) is 6.20. The summed E-state index contributed by atoms with van der Waals surface area (Å²) in [5, 5.41) is 0. The highest BCUT2D eigenvalue weighted by atomic mass is 16.6. The number of nitrogens with zero attached hydrogens (tertiary/aromatic N) is 1. The Morgan fingerprint density at radius 2 is 2.15 bits per heavy atom. The van der Waals surface area contributed by atoms with Gasteiger partial charge in [0.05, 0.1) is 18.3 Å². The fourth-order valence-electron chi connectivity index (χ4n) is 1.94. The topological polar surface area (TPSA) is 38.8 Å². The maximum atomic E-state index is 11.7. The molecule has 1 heterocycles. The van der Waals surface area contributed by atoms with Crippen LogP contribution in [-0.4, -0.2) is 42.4 Å². The third-order valence-electron chi connectivity index (χ3n) is 3.67. The smallest absolute Gasteiger partial charge is 0.410 e. The van der Waals surface area contributed by atoms with Crippen LogP contribution in [0.2, 0.25) is 0 Å². The first kappa shape index (κ1) is 17.0. The van der Waals surface area contributed by atoms with Crippen LogP contribution in [0.1, 0.15) is 53.9 Å². The Morgan fingerprint density at radius 3 is 2.65 bits per heavy atom. The van der Waals surface area contributed by atoms with Gasteiger partial charge in [0, 0.05) is 13.1 Å². The summed E-state index contributed by atoms with van der Waals surface area (Å²) in [4.78, 5) is 13.5. The molecule has 0 aliphatic carbocycles. The number of hydrogen-bond donors (Lipinski definition) is 0. The van der Waals surface area contributed by atoms with Crippen LogP contribution >= 0.6 is 0 Å². The standard InChI is InChI=1S/C16H29NO3/c1-6-16(4,5)19-12-9-14-7-10-17(11-8-14)15(18)20-13(2)3/h7,13H,6,8-12H2,1-5H3. The Kier molecular flexibility index (Phi) is 6.53. The van der Waals surface area contributed by atoms with Crippen LogP contribution in [0.3, 0.4) is 0 Å². The van der Waals surface area contributed by atoms with E-state index in [0.717, 1.165) is 32.4 Å². The lowest BCUT2D eigenvalue weighted by Gasteiger charge is -2.28. The molecule has 4 nitrogen and oxygen atoms in total. The van der Waals surface area contributed by atoms with Gasteiger partial charge in [-0.1, -0.05) is 18.6 Å². The Hall–Kier alpha value is -1.03. The van der Waals surface area contributed by atoms with Gasteiger partial charge >= 0.3 is 6.09 Å². The monoisotopic (exact) mass is 283 g/mol. The minimum Gasteiger partial charge on any atom is -0.447 e. The van der Waals surface area contributed by atoms with E-state index < -0.39 is 0 Å². The summed E-state index contributed by atoms with van der Waals surface area (Å²) in [5.74, 6) is 0. The second kappa shape index (κ2) is 7.67. The zero-order valence-electron chi connectivity index (χ0n) is 13.6. The van der Waals surface area contributed by atoms with Gasteiger partial charge in [-0.3, -0.25) is 0 Å². The molecular weight excluding hydrogens is 254 g/mol. The van der Waals surface area contributed by atoms with Gasteiger partial charge in [0.25, 0.3) is 0 Å². The van der Waals surface area contributed by atoms with Crippen molar-refractivity contribution in [2.24, 2.45) is 0 Å². The predicted molar refractivity (Wildman–Crippen MR) is 80.8 cm³/mol. The van der Waals surface area contributed by atoms with Crippen molar-refractivity contribution in [2.45, 2.75) is 65.6 Å². The van der Waals surface area contributed by atoms with E-state index in [-0.39, 0.29) is 17.8 Å². The van der Waals surface area contributed by atoms with E-state index in [1.807, 2.05) is 13.8 Å². The lowest BCUT2D eigenvalue weighted by molar-refractivity contribution is -0.0186. The highest BCUT2D eigenvalue weighted by Gasteiger charge is 2.20. The average molecular weight is 283 g/mol. The van der Waals surface area contributed by atoms with Crippen molar-refractivity contribution in [3.63, 3.8) is 0 Å². The lowest BCUT2D eigenvalue weighted by Crippen LogP contribution is -2.36. The van der Waals surface area contributed by atoms with Gasteiger partial charge < -0.3 is 14.4 Å². The van der Waals surface area contributed by atoms with Crippen molar-refractivity contribution in [3.05, 3.63) is 11.6 Å². The predicted octanol–water partition coefficient (Wildman–Crippen LogP) is 3.76. The van der Waals surface area contributed by atoms with E-state index in [9.17, 15) is 4.79 Å². The van der Waals surface area contributed by atoms with Crippen molar-refractivity contribution in [3.8, 4) is 0 Å². The number of hydrogen-bond acceptors (Lipinski definition) is 3. The third kappa shape index (κ3) is 5.95. The van der Waals surface area contributed by atoms with Crippen LogP contribution in [0.5, 0.6) is 0 Å². The summed E-state index contributed by atoms with van der Waals surface area (Å²) in [6.45, 7) is 12.3. The molecule has 0 atom stereocenters. The molecule has 0 unspecified atom stereocenters. The Bertz CT molecular complexity index is 348. The molecule has 0 bridgehead atoms. The molecule has 1 amide bonds. The SMILES string of the molecule is CCC(C)(C)OCCC1=CCN(C(=O)OC(C)C)CC1. The zero-order valence-corrected chi connectivity index (χ0v) is 13.6. The molecule has 1 aliphatic rings. The normalized spacial score (nSPS) is 16.3. The van der Waals surface area contributed by atoms with Crippen molar-refractivity contribution in [2.75, 3.05) is 19.7 Å². The zero-order chi connectivity index (χ0) is 15.2. The van der Waals surface area contributed by atoms with Crippen molar-refractivity contribution in [1.82, 2.24) is 4.90 Å². The molecule has 0 spiro atoms. The Morgan fingerprint density at radius 1 is 1.45 bits per heavy atom. The molecule has 116 valence electrons. The van der Waals surface area contributed by atoms with Crippen molar-refractivity contribution in [1.29, 1.82) is 0 Å². The molecule has 1 aliphatic heterocycles. The van der Waals surface area contributed by atoms with Crippen LogP contribution in [0.25, 0.3) is 0 Å². The number of carbonyl (C=O) groups excluding carboxylic acids is 1. The van der Waals surface area contributed by atoms with E-state index in [4.69, 9.17) is 9.47 Å². The minimum atomic E-state index is -0.210. The van der Waals surface area contributed by atoms with E-state index >= 15 is 0 Å². The van der Waals surface area contributed by atoms with Gasteiger partial charge in [-0.15, -0.1) is 0 Å². The molecule has 0 radical (unpaired) electrons. The minimum absolute atomic E-state index is 0.0394. The number of rotatable bonds is 6. The summed E-state index contributed by atoms with van der Waals surface area (Å²) in [7, 11) is 0. The maximum absolute atomic E-state index is 11.7. The quantitative estimate of drug-likeness (QED) is 0.697. The first-order valence-electron chi connectivity index (χ1n) is 7.61. The van der Waals surface area contributed by atoms with Crippen LogP contribution < -0.4 is 0 Å². The molecule has 0 aromatic rings. The Balaban J connectivity index is 2.31. The highest BCUT2D eigenvalue weighted by molar-refractivity contribution is 5.68. The maximum Gasteiger partial charge on any atom is 0.410 e. The van der Waals surface area contributed by atoms with Crippen molar-refractivity contribution >= 4 is 6.09 Å². The van der Waals surface area contributed by atoms with Gasteiger partial charge in [0.2, 0.25) is 0 Å². The summed E-state index contributed by atoms with van der Waals surface area (Å²) in [6.07, 6.45) is 4.75. The van der Waals surface area contributed by atoms with Gasteiger partial charge in [-0.25, -0.2) is 4.79 Å². The number of carbonyl (C=O) groups is 1. The van der Waals surface area contributed by atoms with Crippen molar-refractivity contribution < 1.29 is 14.3 Å². The van der Waals surface area contributed by atoms with Gasteiger partial charge in [-0.2, -0.15) is 0 Å². The van der Waals surface area contributed by atoms with Gasteiger partial charge in [0.15, 0.2) is 0 Å². The highest BCUT2D eigenvalue weighted by Crippen LogP contribution is 2.18. The molecule has 4 heteroatoms. The summed E-state index contributed by atoms with van der Waals surface area (Å²) < 4.78 is 11.1. The molecule has 1 rings (SSSR count). The Labute approximate surface area is 123 Å². The first-order chi connectivity index (χ1) is 9.34. The lowest BCUT2D eigenvalue weighted by atomic mass is 10.0. The van der Waals surface area contributed by atoms with E-state index in [1.54, 1.807) is 4.90 Å². The fourth-order valence-corrected chi connectivity index (χ4v) is 1.94. The largest absolute Gasteiger partial charge is 0.447 e. The van der Waals surface area contributed by atoms with Crippen LogP contribution in [0.4, 0.5) is 4.79 Å². The average Bonchev–Trinajstić information content (AvgIpc) is 2.38. The van der Waals surface area contributed by atoms with Gasteiger partial charge in [0.1, 0.15) is 0 Å². The fraction of sp³-hybridized carbons (Fsp3) is 0.812.